The normalized spacial score (nSPS) is 23.9. The molecule has 19 heavy (non-hydrogen) atoms. The van der Waals surface area contributed by atoms with Gasteiger partial charge in [0.25, 0.3) is 5.91 Å². The van der Waals surface area contributed by atoms with Gasteiger partial charge in [0.05, 0.1) is 6.54 Å². The second-order valence-corrected chi connectivity index (χ2v) is 8.17. The van der Waals surface area contributed by atoms with Crippen LogP contribution in [-0.4, -0.2) is 27.4 Å². The third-order valence-electron chi connectivity index (χ3n) is 3.61. The quantitative estimate of drug-likeness (QED) is 0.838. The molecule has 3 amide bonds. The summed E-state index contributed by atoms with van der Waals surface area (Å²) >= 11 is 4.69. The zero-order valence-electron chi connectivity index (χ0n) is 11.3. The maximum absolute atomic E-state index is 12.5. The van der Waals surface area contributed by atoms with E-state index < -0.39 is 5.54 Å². The first-order chi connectivity index (χ1) is 8.65. The van der Waals surface area contributed by atoms with Gasteiger partial charge in [-0.1, -0.05) is 20.8 Å². The van der Waals surface area contributed by atoms with E-state index in [1.54, 1.807) is 13.1 Å². The molecule has 1 atom stereocenters. The summed E-state index contributed by atoms with van der Waals surface area (Å²) in [5, 5.41) is 2.81. The van der Waals surface area contributed by atoms with Crippen molar-refractivity contribution >= 4 is 39.2 Å². The molecule has 1 aliphatic heterocycles. The van der Waals surface area contributed by atoms with E-state index >= 15 is 0 Å². The average Bonchev–Trinajstić information content (AvgIpc) is 2.76. The minimum absolute atomic E-state index is 0.186. The molecular formula is C12H16BrN3O2S. The molecule has 0 aliphatic carbocycles. The molecule has 1 unspecified atom stereocenters. The summed E-state index contributed by atoms with van der Waals surface area (Å²) in [6.45, 7) is 7.86. The van der Waals surface area contributed by atoms with Crippen LogP contribution >= 0.6 is 27.3 Å². The Hall–Kier alpha value is -0.950. The molecule has 0 spiro atoms. The lowest BCUT2D eigenvalue weighted by Crippen LogP contribution is -2.54. The molecule has 2 rings (SSSR count). The monoisotopic (exact) mass is 345 g/mol. The van der Waals surface area contributed by atoms with Gasteiger partial charge in [-0.25, -0.2) is 9.78 Å². The van der Waals surface area contributed by atoms with Gasteiger partial charge in [0.15, 0.2) is 3.92 Å². The van der Waals surface area contributed by atoms with Crippen molar-refractivity contribution in [3.8, 4) is 0 Å². The first kappa shape index (κ1) is 14.5. The van der Waals surface area contributed by atoms with Crippen molar-refractivity contribution in [2.75, 3.05) is 0 Å². The smallest absolute Gasteiger partial charge is 0.323 e. The molecule has 1 saturated heterocycles. The number of thiazole rings is 1. The predicted molar refractivity (Wildman–Crippen MR) is 76.8 cm³/mol. The average molecular weight is 346 g/mol. The lowest BCUT2D eigenvalue weighted by Gasteiger charge is -2.35. The number of urea groups is 1. The molecule has 1 fully saturated rings. The second-order valence-electron chi connectivity index (χ2n) is 5.78. The number of carbonyl (C=O) groups excluding carboxylic acids is 2. The van der Waals surface area contributed by atoms with Gasteiger partial charge in [-0.3, -0.25) is 9.69 Å². The Labute approximate surface area is 124 Å². The Bertz CT molecular complexity index is 537. The van der Waals surface area contributed by atoms with Gasteiger partial charge < -0.3 is 5.32 Å². The first-order valence-electron chi connectivity index (χ1n) is 5.89. The minimum atomic E-state index is -0.869. The zero-order valence-corrected chi connectivity index (χ0v) is 13.7. The van der Waals surface area contributed by atoms with E-state index in [1.807, 2.05) is 20.8 Å². The number of imide groups is 1. The van der Waals surface area contributed by atoms with Gasteiger partial charge in [0, 0.05) is 11.1 Å². The number of nitrogens with zero attached hydrogens (tertiary/aromatic N) is 2. The van der Waals surface area contributed by atoms with Crippen LogP contribution in [0.15, 0.2) is 10.1 Å². The Balaban J connectivity index is 2.24. The van der Waals surface area contributed by atoms with E-state index in [0.717, 1.165) is 8.79 Å². The van der Waals surface area contributed by atoms with Crippen molar-refractivity contribution in [2.45, 2.75) is 39.8 Å². The van der Waals surface area contributed by atoms with Crippen molar-refractivity contribution in [2.24, 2.45) is 5.41 Å². The van der Waals surface area contributed by atoms with E-state index in [1.165, 1.54) is 16.2 Å². The van der Waals surface area contributed by atoms with E-state index in [2.05, 4.69) is 26.2 Å². The third-order valence-corrected chi connectivity index (χ3v) is 5.08. The van der Waals surface area contributed by atoms with Crippen LogP contribution in [0.3, 0.4) is 0 Å². The highest BCUT2D eigenvalue weighted by Gasteiger charge is 2.54. The van der Waals surface area contributed by atoms with Crippen LogP contribution in [0, 0.1) is 5.41 Å². The Morgan fingerprint density at radius 1 is 1.47 bits per heavy atom. The van der Waals surface area contributed by atoms with Crippen molar-refractivity contribution in [1.82, 2.24) is 15.2 Å². The molecule has 1 aliphatic rings. The summed E-state index contributed by atoms with van der Waals surface area (Å²) in [5.74, 6) is -0.186. The molecule has 7 heteroatoms. The Morgan fingerprint density at radius 3 is 2.53 bits per heavy atom. The fourth-order valence-corrected chi connectivity index (χ4v) is 3.21. The van der Waals surface area contributed by atoms with Crippen LogP contribution < -0.4 is 5.32 Å². The van der Waals surface area contributed by atoms with Crippen molar-refractivity contribution in [3.63, 3.8) is 0 Å². The number of carbonyl (C=O) groups is 2. The lowest BCUT2D eigenvalue weighted by molar-refractivity contribution is -0.134. The highest BCUT2D eigenvalue weighted by Crippen LogP contribution is 2.36. The SMILES string of the molecule is CC(C)(C)C1(C)NC(=O)N(Cc2cnc(Br)s2)C1=O. The molecule has 0 bridgehead atoms. The molecule has 1 aromatic rings. The number of amides is 3. The van der Waals surface area contributed by atoms with E-state index in [9.17, 15) is 9.59 Å². The second kappa shape index (κ2) is 4.56. The first-order valence-corrected chi connectivity index (χ1v) is 7.50. The molecule has 0 saturated carbocycles. The molecule has 0 aromatic carbocycles. The van der Waals surface area contributed by atoms with Gasteiger partial charge in [0.2, 0.25) is 0 Å². The van der Waals surface area contributed by atoms with Gasteiger partial charge in [0.1, 0.15) is 5.54 Å². The number of aromatic nitrogens is 1. The summed E-state index contributed by atoms with van der Waals surface area (Å²) < 4.78 is 0.744. The van der Waals surface area contributed by atoms with Gasteiger partial charge in [-0.2, -0.15) is 0 Å². The fraction of sp³-hybridized carbons (Fsp3) is 0.583. The number of rotatable bonds is 2. The highest BCUT2D eigenvalue weighted by atomic mass is 79.9. The molecule has 5 nitrogen and oxygen atoms in total. The van der Waals surface area contributed by atoms with E-state index in [4.69, 9.17) is 0 Å². The molecule has 2 heterocycles. The summed E-state index contributed by atoms with van der Waals surface area (Å²) in [7, 11) is 0. The topological polar surface area (TPSA) is 62.3 Å². The number of nitrogens with one attached hydrogen (secondary N) is 1. The maximum atomic E-state index is 12.5. The lowest BCUT2D eigenvalue weighted by atomic mass is 9.75. The molecule has 1 N–H and O–H groups in total. The van der Waals surface area contributed by atoms with Crippen LogP contribution in [0.2, 0.25) is 0 Å². The van der Waals surface area contributed by atoms with Gasteiger partial charge in [-0.05, 0) is 28.3 Å². The predicted octanol–water partition coefficient (Wildman–Crippen LogP) is 2.76. The summed E-state index contributed by atoms with van der Waals surface area (Å²) in [5.41, 5.74) is -1.21. The van der Waals surface area contributed by atoms with Gasteiger partial charge >= 0.3 is 6.03 Å². The minimum Gasteiger partial charge on any atom is -0.323 e. The van der Waals surface area contributed by atoms with Crippen molar-refractivity contribution in [3.05, 3.63) is 15.0 Å². The van der Waals surface area contributed by atoms with Crippen molar-refractivity contribution in [1.29, 1.82) is 0 Å². The summed E-state index contributed by atoms with van der Waals surface area (Å²) in [4.78, 5) is 30.7. The van der Waals surface area contributed by atoms with Crippen LogP contribution in [0.5, 0.6) is 0 Å². The Kier molecular flexibility index (Phi) is 3.47. The number of halogens is 1. The number of hydrogen-bond donors (Lipinski definition) is 1. The maximum Gasteiger partial charge on any atom is 0.325 e. The molecule has 0 radical (unpaired) electrons. The van der Waals surface area contributed by atoms with Crippen LogP contribution in [0.25, 0.3) is 0 Å². The number of hydrogen-bond acceptors (Lipinski definition) is 4. The fourth-order valence-electron chi connectivity index (χ4n) is 1.86. The summed E-state index contributed by atoms with van der Waals surface area (Å²) in [6, 6.07) is -0.341. The van der Waals surface area contributed by atoms with E-state index in [0.29, 0.717) is 0 Å². The van der Waals surface area contributed by atoms with Crippen LogP contribution in [-0.2, 0) is 11.3 Å². The molecular weight excluding hydrogens is 330 g/mol. The van der Waals surface area contributed by atoms with Gasteiger partial charge in [-0.15, -0.1) is 11.3 Å². The Morgan fingerprint density at radius 2 is 2.11 bits per heavy atom. The summed E-state index contributed by atoms with van der Waals surface area (Å²) in [6.07, 6.45) is 1.67. The largest absolute Gasteiger partial charge is 0.325 e. The molecule has 1 aromatic heterocycles. The standard InChI is InChI=1S/C12H16BrN3O2S/c1-11(2,3)12(4)8(17)16(10(18)15-12)6-7-5-14-9(13)19-7/h5H,6H2,1-4H3,(H,15,18). The molecule has 104 valence electrons. The third kappa shape index (κ3) is 2.41. The highest BCUT2D eigenvalue weighted by molar-refractivity contribution is 9.11. The van der Waals surface area contributed by atoms with Crippen LogP contribution in [0.4, 0.5) is 4.79 Å². The zero-order chi connectivity index (χ0) is 14.4. The van der Waals surface area contributed by atoms with E-state index in [-0.39, 0.29) is 23.9 Å². The van der Waals surface area contributed by atoms with Crippen molar-refractivity contribution < 1.29 is 9.59 Å². The van der Waals surface area contributed by atoms with Crippen LogP contribution in [0.1, 0.15) is 32.6 Å².